The summed E-state index contributed by atoms with van der Waals surface area (Å²) >= 11 is 1.62. The first-order valence-electron chi connectivity index (χ1n) is 9.71. The van der Waals surface area contributed by atoms with Crippen LogP contribution in [0.3, 0.4) is 0 Å². The van der Waals surface area contributed by atoms with Crippen LogP contribution in [0, 0.1) is 6.92 Å². The summed E-state index contributed by atoms with van der Waals surface area (Å²) in [6, 6.07) is 22.6. The molecule has 0 aliphatic rings. The fourth-order valence-electron chi connectivity index (χ4n) is 3.32. The lowest BCUT2D eigenvalue weighted by Crippen LogP contribution is -2.20. The molecule has 0 radical (unpaired) electrons. The molecular weight excluding hydrogens is 410 g/mol. The third kappa shape index (κ3) is 4.62. The molecule has 0 saturated heterocycles. The van der Waals surface area contributed by atoms with Gasteiger partial charge in [0.1, 0.15) is 5.82 Å². The van der Waals surface area contributed by atoms with Crippen LogP contribution in [0.15, 0.2) is 77.7 Å². The van der Waals surface area contributed by atoms with Crippen LogP contribution >= 0.6 is 11.8 Å². The Morgan fingerprint density at radius 2 is 1.77 bits per heavy atom. The first-order valence-corrected chi connectivity index (χ1v) is 10.9. The minimum atomic E-state index is -0.568. The highest BCUT2D eigenvalue weighted by molar-refractivity contribution is 7.98. The second-order valence-electron chi connectivity index (χ2n) is 6.89. The molecule has 7 heteroatoms. The van der Waals surface area contributed by atoms with E-state index in [1.165, 1.54) is 0 Å². The van der Waals surface area contributed by atoms with Crippen LogP contribution < -0.4 is 5.32 Å². The largest absolute Gasteiger partial charge is 0.452 e. The number of carbonyl (C=O) groups excluding carboxylic acids is 2. The Morgan fingerprint density at radius 1 is 1.03 bits per heavy atom. The SMILES string of the molecule is CSc1ccc(NC(=O)COC(=O)c2ccc3c(c2)nc(C)n3-c2ccccc2)cc1. The minimum Gasteiger partial charge on any atom is -0.452 e. The number of fused-ring (bicyclic) bond motifs is 1. The highest BCUT2D eigenvalue weighted by Crippen LogP contribution is 2.22. The minimum absolute atomic E-state index is 0.349. The van der Waals surface area contributed by atoms with Crippen LogP contribution in [0.1, 0.15) is 16.2 Å². The van der Waals surface area contributed by atoms with Gasteiger partial charge in [0.25, 0.3) is 5.91 Å². The number of rotatable bonds is 6. The standard InChI is InChI=1S/C24H21N3O3S/c1-16-25-21-14-17(8-13-22(21)27(16)19-6-4-3-5-7-19)24(29)30-15-23(28)26-18-9-11-20(31-2)12-10-18/h3-14H,15H2,1-2H3,(H,26,28). The molecule has 1 amide bonds. The summed E-state index contributed by atoms with van der Waals surface area (Å²) in [7, 11) is 0. The Kier molecular flexibility index (Phi) is 6.04. The Balaban J connectivity index is 1.43. The first kappa shape index (κ1) is 20.7. The third-order valence-electron chi connectivity index (χ3n) is 4.78. The number of nitrogens with zero attached hydrogens (tertiary/aromatic N) is 2. The second kappa shape index (κ2) is 9.06. The molecule has 0 aliphatic carbocycles. The summed E-state index contributed by atoms with van der Waals surface area (Å²) in [6.07, 6.45) is 1.98. The van der Waals surface area contributed by atoms with Crippen molar-refractivity contribution in [3.05, 3.63) is 84.2 Å². The average molecular weight is 432 g/mol. The van der Waals surface area contributed by atoms with Crippen LogP contribution in [0.4, 0.5) is 5.69 Å². The van der Waals surface area contributed by atoms with Crippen molar-refractivity contribution in [2.24, 2.45) is 0 Å². The number of aromatic nitrogens is 2. The van der Waals surface area contributed by atoms with E-state index >= 15 is 0 Å². The number of esters is 1. The fourth-order valence-corrected chi connectivity index (χ4v) is 3.72. The van der Waals surface area contributed by atoms with Gasteiger partial charge in [0.15, 0.2) is 6.61 Å². The fraction of sp³-hybridized carbons (Fsp3) is 0.125. The summed E-state index contributed by atoms with van der Waals surface area (Å²) in [5, 5.41) is 2.72. The molecule has 0 fully saturated rings. The number of imidazole rings is 1. The van der Waals surface area contributed by atoms with Gasteiger partial charge in [-0.3, -0.25) is 9.36 Å². The number of anilines is 1. The van der Waals surface area contributed by atoms with E-state index in [4.69, 9.17) is 4.74 Å². The zero-order valence-corrected chi connectivity index (χ0v) is 18.0. The number of hydrogen-bond acceptors (Lipinski definition) is 5. The second-order valence-corrected chi connectivity index (χ2v) is 7.77. The number of benzene rings is 3. The molecule has 0 aliphatic heterocycles. The maximum Gasteiger partial charge on any atom is 0.338 e. The van der Waals surface area contributed by atoms with E-state index < -0.39 is 11.9 Å². The van der Waals surface area contributed by atoms with E-state index in [1.807, 2.05) is 78.4 Å². The molecule has 4 rings (SSSR count). The summed E-state index contributed by atoms with van der Waals surface area (Å²) in [5.41, 5.74) is 3.59. The molecule has 156 valence electrons. The number of ether oxygens (including phenoxy) is 1. The van der Waals surface area contributed by atoms with Gasteiger partial charge in [0.2, 0.25) is 0 Å². The highest BCUT2D eigenvalue weighted by Gasteiger charge is 2.15. The van der Waals surface area contributed by atoms with Crippen molar-refractivity contribution < 1.29 is 14.3 Å². The van der Waals surface area contributed by atoms with E-state index in [2.05, 4.69) is 10.3 Å². The van der Waals surface area contributed by atoms with Gasteiger partial charge in [-0.1, -0.05) is 18.2 Å². The molecule has 4 aromatic rings. The number of carbonyl (C=O) groups is 2. The Hall–Kier alpha value is -3.58. The Bertz CT molecular complexity index is 1230. The monoisotopic (exact) mass is 431 g/mol. The molecule has 3 aromatic carbocycles. The van der Waals surface area contributed by atoms with Crippen molar-refractivity contribution in [1.82, 2.24) is 9.55 Å². The number of para-hydroxylation sites is 1. The Labute approximate surface area is 184 Å². The quantitative estimate of drug-likeness (QED) is 0.349. The van der Waals surface area contributed by atoms with Gasteiger partial charge >= 0.3 is 5.97 Å². The predicted octanol–water partition coefficient (Wildman–Crippen LogP) is 4.85. The molecule has 0 unspecified atom stereocenters. The predicted molar refractivity (Wildman–Crippen MR) is 123 cm³/mol. The zero-order chi connectivity index (χ0) is 21.8. The molecule has 0 spiro atoms. The van der Waals surface area contributed by atoms with Crippen LogP contribution in [-0.4, -0.2) is 34.3 Å². The summed E-state index contributed by atoms with van der Waals surface area (Å²) in [6.45, 7) is 1.56. The van der Waals surface area contributed by atoms with E-state index in [-0.39, 0.29) is 6.61 Å². The molecule has 6 nitrogen and oxygen atoms in total. The van der Waals surface area contributed by atoms with Crippen molar-refractivity contribution in [2.45, 2.75) is 11.8 Å². The van der Waals surface area contributed by atoms with Crippen molar-refractivity contribution in [3.8, 4) is 5.69 Å². The number of nitrogens with one attached hydrogen (secondary N) is 1. The van der Waals surface area contributed by atoms with Crippen LogP contribution in [0.25, 0.3) is 16.7 Å². The number of aryl methyl sites for hydroxylation is 1. The smallest absolute Gasteiger partial charge is 0.338 e. The zero-order valence-electron chi connectivity index (χ0n) is 17.2. The van der Waals surface area contributed by atoms with Gasteiger partial charge < -0.3 is 10.1 Å². The van der Waals surface area contributed by atoms with Gasteiger partial charge in [-0.05, 0) is 67.8 Å². The Morgan fingerprint density at radius 3 is 2.48 bits per heavy atom. The van der Waals surface area contributed by atoms with E-state index in [9.17, 15) is 9.59 Å². The first-order chi connectivity index (χ1) is 15.0. The number of amides is 1. The highest BCUT2D eigenvalue weighted by atomic mass is 32.2. The maximum atomic E-state index is 12.5. The van der Waals surface area contributed by atoms with Crippen LogP contribution in [-0.2, 0) is 9.53 Å². The third-order valence-corrected chi connectivity index (χ3v) is 5.52. The van der Waals surface area contributed by atoms with Crippen molar-refractivity contribution in [2.75, 3.05) is 18.2 Å². The van der Waals surface area contributed by atoms with Gasteiger partial charge in [-0.15, -0.1) is 11.8 Å². The number of thioether (sulfide) groups is 1. The summed E-state index contributed by atoms with van der Waals surface area (Å²) in [5.74, 6) is -0.143. The van der Waals surface area contributed by atoms with Crippen molar-refractivity contribution in [3.63, 3.8) is 0 Å². The van der Waals surface area contributed by atoms with Crippen LogP contribution in [0.2, 0.25) is 0 Å². The molecule has 0 bridgehead atoms. The van der Waals surface area contributed by atoms with Crippen molar-refractivity contribution >= 4 is 40.4 Å². The molecule has 1 heterocycles. The summed E-state index contributed by atoms with van der Waals surface area (Å²) in [4.78, 5) is 30.2. The van der Waals surface area contributed by atoms with Gasteiger partial charge in [0, 0.05) is 16.3 Å². The lowest BCUT2D eigenvalue weighted by Gasteiger charge is -2.08. The molecule has 0 atom stereocenters. The average Bonchev–Trinajstić information content (AvgIpc) is 3.13. The molecule has 31 heavy (non-hydrogen) atoms. The molecule has 0 saturated carbocycles. The van der Waals surface area contributed by atoms with Gasteiger partial charge in [-0.25, -0.2) is 9.78 Å². The lowest BCUT2D eigenvalue weighted by atomic mass is 10.2. The lowest BCUT2D eigenvalue weighted by molar-refractivity contribution is -0.119. The van der Waals surface area contributed by atoms with Crippen molar-refractivity contribution in [1.29, 1.82) is 0 Å². The summed E-state index contributed by atoms with van der Waals surface area (Å²) < 4.78 is 7.22. The van der Waals surface area contributed by atoms with E-state index in [0.29, 0.717) is 16.8 Å². The van der Waals surface area contributed by atoms with Gasteiger partial charge in [0.05, 0.1) is 16.6 Å². The maximum absolute atomic E-state index is 12.5. The normalized spacial score (nSPS) is 10.8. The van der Waals surface area contributed by atoms with Crippen LogP contribution in [0.5, 0.6) is 0 Å². The van der Waals surface area contributed by atoms with E-state index in [0.717, 1.165) is 21.9 Å². The molecule has 1 N–H and O–H groups in total. The van der Waals surface area contributed by atoms with Gasteiger partial charge in [-0.2, -0.15) is 0 Å². The number of hydrogen-bond donors (Lipinski definition) is 1. The van der Waals surface area contributed by atoms with E-state index in [1.54, 1.807) is 23.9 Å². The molecular formula is C24H21N3O3S. The topological polar surface area (TPSA) is 73.2 Å². The molecule has 1 aromatic heterocycles.